The van der Waals surface area contributed by atoms with Crippen molar-refractivity contribution >= 4 is 40.3 Å². The van der Waals surface area contributed by atoms with Gasteiger partial charge in [0.1, 0.15) is 5.01 Å². The van der Waals surface area contributed by atoms with Gasteiger partial charge in [-0.3, -0.25) is 4.79 Å². The first-order chi connectivity index (χ1) is 13.8. The van der Waals surface area contributed by atoms with Gasteiger partial charge in [-0.15, -0.1) is 34.4 Å². The molecule has 0 fully saturated rings. The molecular formula is C20H17N3O2S3. The number of amides is 1. The summed E-state index contributed by atoms with van der Waals surface area (Å²) in [5.41, 5.74) is 2.81. The van der Waals surface area contributed by atoms with E-state index in [1.54, 1.807) is 22.7 Å². The molecule has 0 aliphatic heterocycles. The molecule has 1 N–H and O–H groups in total. The second kappa shape index (κ2) is 9.18. The van der Waals surface area contributed by atoms with Crippen molar-refractivity contribution in [2.24, 2.45) is 0 Å². The van der Waals surface area contributed by atoms with Crippen molar-refractivity contribution in [3.63, 3.8) is 0 Å². The molecule has 0 radical (unpaired) electrons. The molecule has 0 aliphatic rings. The zero-order valence-corrected chi connectivity index (χ0v) is 17.3. The Morgan fingerprint density at radius 3 is 2.82 bits per heavy atom. The molecule has 28 heavy (non-hydrogen) atoms. The topological polar surface area (TPSA) is 68.0 Å². The van der Waals surface area contributed by atoms with Gasteiger partial charge in [-0.05, 0) is 11.4 Å². The highest BCUT2D eigenvalue weighted by molar-refractivity contribution is 7.99. The molecule has 0 atom stereocenters. The first-order valence-corrected chi connectivity index (χ1v) is 11.5. The summed E-state index contributed by atoms with van der Waals surface area (Å²) in [6.07, 6.45) is 0. The van der Waals surface area contributed by atoms with E-state index in [-0.39, 0.29) is 5.91 Å². The van der Waals surface area contributed by atoms with E-state index < -0.39 is 0 Å². The van der Waals surface area contributed by atoms with E-state index >= 15 is 0 Å². The fourth-order valence-corrected chi connectivity index (χ4v) is 4.74. The summed E-state index contributed by atoms with van der Waals surface area (Å²) in [7, 11) is 0. The van der Waals surface area contributed by atoms with Gasteiger partial charge in [0.2, 0.25) is 5.91 Å². The van der Waals surface area contributed by atoms with Crippen molar-refractivity contribution in [1.29, 1.82) is 0 Å². The van der Waals surface area contributed by atoms with E-state index in [4.69, 9.17) is 4.52 Å². The first-order valence-electron chi connectivity index (χ1n) is 8.61. The molecule has 4 rings (SSSR count). The summed E-state index contributed by atoms with van der Waals surface area (Å²) in [4.78, 5) is 17.7. The number of nitrogens with one attached hydrogen (secondary N) is 1. The highest BCUT2D eigenvalue weighted by Gasteiger charge is 2.10. The summed E-state index contributed by atoms with van der Waals surface area (Å²) in [5.74, 6) is 1.77. The normalized spacial score (nSPS) is 10.9. The summed E-state index contributed by atoms with van der Waals surface area (Å²) < 4.78 is 5.35. The zero-order valence-electron chi connectivity index (χ0n) is 14.8. The molecular weight excluding hydrogens is 410 g/mol. The number of hydrogen-bond acceptors (Lipinski definition) is 7. The minimum atomic E-state index is -0.0127. The lowest BCUT2D eigenvalue weighted by Crippen LogP contribution is -2.24. The van der Waals surface area contributed by atoms with Crippen LogP contribution in [0.1, 0.15) is 11.4 Å². The standard InChI is InChI=1S/C20H17N3O2S3/c24-19(13-26-11-15-9-17(25-23-15)18-7-4-8-27-18)21-10-16-12-28-20(22-16)14-5-2-1-3-6-14/h1-9,12H,10-11,13H2,(H,21,24). The molecule has 1 aromatic carbocycles. The largest absolute Gasteiger partial charge is 0.355 e. The van der Waals surface area contributed by atoms with Gasteiger partial charge in [-0.2, -0.15) is 0 Å². The Labute approximate surface area is 174 Å². The van der Waals surface area contributed by atoms with Crippen molar-refractivity contribution in [2.45, 2.75) is 12.3 Å². The monoisotopic (exact) mass is 427 g/mol. The number of thiazole rings is 1. The summed E-state index contributed by atoms with van der Waals surface area (Å²) in [6.45, 7) is 0.440. The van der Waals surface area contributed by atoms with Crippen LogP contribution < -0.4 is 5.32 Å². The third-order valence-electron chi connectivity index (χ3n) is 3.85. The molecule has 0 unspecified atom stereocenters. The molecule has 3 heterocycles. The van der Waals surface area contributed by atoms with Gasteiger partial charge in [0.05, 0.1) is 28.6 Å². The Hall–Kier alpha value is -2.42. The van der Waals surface area contributed by atoms with Crippen molar-refractivity contribution in [3.8, 4) is 21.2 Å². The second-order valence-corrected chi connectivity index (χ2v) is 8.73. The number of nitrogens with zero attached hydrogens (tertiary/aromatic N) is 2. The molecule has 4 aromatic rings. The van der Waals surface area contributed by atoms with Gasteiger partial charge in [-0.1, -0.05) is 41.6 Å². The predicted octanol–water partition coefficient (Wildman–Crippen LogP) is 5.08. The van der Waals surface area contributed by atoms with Crippen molar-refractivity contribution in [3.05, 3.63) is 70.7 Å². The fraction of sp³-hybridized carbons (Fsp3) is 0.150. The molecule has 0 spiro atoms. The summed E-state index contributed by atoms with van der Waals surface area (Å²) in [6, 6.07) is 15.9. The van der Waals surface area contributed by atoms with Crippen molar-refractivity contribution in [2.75, 3.05) is 5.75 Å². The Bertz CT molecular complexity index is 1030. The van der Waals surface area contributed by atoms with E-state index in [2.05, 4.69) is 15.5 Å². The number of carbonyl (C=O) groups excluding carboxylic acids is 1. The molecule has 3 aromatic heterocycles. The molecule has 0 saturated carbocycles. The second-order valence-electron chi connectivity index (χ2n) is 5.94. The highest BCUT2D eigenvalue weighted by atomic mass is 32.2. The number of carbonyl (C=O) groups is 1. The van der Waals surface area contributed by atoms with Gasteiger partial charge in [0.15, 0.2) is 5.76 Å². The van der Waals surface area contributed by atoms with Crippen molar-refractivity contribution < 1.29 is 9.32 Å². The van der Waals surface area contributed by atoms with Crippen LogP contribution in [0.3, 0.4) is 0 Å². The molecule has 0 aliphatic carbocycles. The van der Waals surface area contributed by atoms with Crippen LogP contribution in [0.2, 0.25) is 0 Å². The summed E-state index contributed by atoms with van der Waals surface area (Å²) >= 11 is 4.71. The molecule has 0 saturated heterocycles. The molecule has 0 bridgehead atoms. The van der Waals surface area contributed by atoms with Crippen LogP contribution >= 0.6 is 34.4 Å². The maximum atomic E-state index is 12.1. The lowest BCUT2D eigenvalue weighted by Gasteiger charge is -2.02. The Morgan fingerprint density at radius 1 is 1.11 bits per heavy atom. The highest BCUT2D eigenvalue weighted by Crippen LogP contribution is 2.26. The lowest BCUT2D eigenvalue weighted by atomic mass is 10.2. The molecule has 8 heteroatoms. The van der Waals surface area contributed by atoms with Gasteiger partial charge in [-0.25, -0.2) is 4.98 Å². The van der Waals surface area contributed by atoms with Crippen LogP contribution in [0.5, 0.6) is 0 Å². The van der Waals surface area contributed by atoms with Crippen LogP contribution in [0, 0.1) is 0 Å². The Balaban J connectivity index is 1.21. The number of hydrogen-bond donors (Lipinski definition) is 1. The van der Waals surface area contributed by atoms with Gasteiger partial charge < -0.3 is 9.84 Å². The molecule has 1 amide bonds. The van der Waals surface area contributed by atoms with E-state index in [1.165, 1.54) is 11.8 Å². The Morgan fingerprint density at radius 2 is 2.00 bits per heavy atom. The predicted molar refractivity (Wildman–Crippen MR) is 115 cm³/mol. The number of benzene rings is 1. The van der Waals surface area contributed by atoms with E-state index in [0.29, 0.717) is 18.1 Å². The van der Waals surface area contributed by atoms with E-state index in [9.17, 15) is 4.79 Å². The van der Waals surface area contributed by atoms with Crippen LogP contribution in [-0.4, -0.2) is 21.8 Å². The van der Waals surface area contributed by atoms with Crippen LogP contribution in [-0.2, 0) is 17.1 Å². The molecule has 5 nitrogen and oxygen atoms in total. The quantitative estimate of drug-likeness (QED) is 0.425. The van der Waals surface area contributed by atoms with Gasteiger partial charge >= 0.3 is 0 Å². The SMILES string of the molecule is O=C(CSCc1cc(-c2cccs2)on1)NCc1csc(-c2ccccc2)n1. The van der Waals surface area contributed by atoms with Crippen LogP contribution in [0.25, 0.3) is 21.2 Å². The zero-order chi connectivity index (χ0) is 19.2. The number of thiophene rings is 1. The van der Waals surface area contributed by atoms with E-state index in [0.717, 1.165) is 32.6 Å². The van der Waals surface area contributed by atoms with Gasteiger partial charge in [0.25, 0.3) is 0 Å². The van der Waals surface area contributed by atoms with Gasteiger partial charge in [0, 0.05) is 22.8 Å². The number of aromatic nitrogens is 2. The average molecular weight is 428 g/mol. The maximum Gasteiger partial charge on any atom is 0.230 e. The van der Waals surface area contributed by atoms with Crippen LogP contribution in [0.15, 0.2) is 63.8 Å². The maximum absolute atomic E-state index is 12.1. The lowest BCUT2D eigenvalue weighted by molar-refractivity contribution is -0.118. The third kappa shape index (κ3) is 4.89. The summed E-state index contributed by atoms with van der Waals surface area (Å²) in [5, 5.41) is 11.9. The third-order valence-corrected chi connectivity index (χ3v) is 6.64. The fourth-order valence-electron chi connectivity index (χ4n) is 2.50. The molecule has 142 valence electrons. The smallest absolute Gasteiger partial charge is 0.230 e. The van der Waals surface area contributed by atoms with E-state index in [1.807, 2.05) is 59.3 Å². The first kappa shape index (κ1) is 18.9. The minimum absolute atomic E-state index is 0.0127. The average Bonchev–Trinajstić information content (AvgIpc) is 3.48. The minimum Gasteiger partial charge on any atom is -0.355 e. The number of rotatable bonds is 8. The number of thioether (sulfide) groups is 1. The Kier molecular flexibility index (Phi) is 6.20. The van der Waals surface area contributed by atoms with Crippen LogP contribution in [0.4, 0.5) is 0 Å². The van der Waals surface area contributed by atoms with Crippen molar-refractivity contribution in [1.82, 2.24) is 15.5 Å².